The van der Waals surface area contributed by atoms with Gasteiger partial charge in [0.05, 0.1) is 0 Å². The van der Waals surface area contributed by atoms with E-state index < -0.39 is 0 Å². The monoisotopic (exact) mass is 227 g/mol. The van der Waals surface area contributed by atoms with Crippen molar-refractivity contribution in [2.24, 2.45) is 0 Å². The summed E-state index contributed by atoms with van der Waals surface area (Å²) in [4.78, 5) is 2.08. The van der Waals surface area contributed by atoms with Crippen LogP contribution in [0, 0.1) is 0 Å². The molecule has 0 saturated heterocycles. The Morgan fingerprint density at radius 3 is 2.33 bits per heavy atom. The van der Waals surface area contributed by atoms with Crippen LogP contribution in [0.15, 0.2) is 24.3 Å². The van der Waals surface area contributed by atoms with Crippen LogP contribution in [-0.4, -0.2) is 32.3 Å². The predicted molar refractivity (Wildman–Crippen MR) is 64.8 cm³/mol. The Morgan fingerprint density at radius 2 is 1.87 bits per heavy atom. The lowest BCUT2D eigenvalue weighted by Crippen LogP contribution is -2.49. The zero-order valence-electron chi connectivity index (χ0n) is 9.42. The van der Waals surface area contributed by atoms with Gasteiger partial charge in [0.2, 0.25) is 0 Å². The summed E-state index contributed by atoms with van der Waals surface area (Å²) in [6.45, 7) is 0.820. The summed E-state index contributed by atoms with van der Waals surface area (Å²) in [5, 5.41) is 7.32. The molecule has 4 heteroatoms. The molecule has 1 atom stereocenters. The molecule has 0 aliphatic heterocycles. The third-order valence-corrected chi connectivity index (χ3v) is 2.45. The van der Waals surface area contributed by atoms with Crippen molar-refractivity contribution < 1.29 is 0 Å². The molecule has 0 aliphatic rings. The topological polar surface area (TPSA) is 27.3 Å². The average Bonchev–Trinajstić information content (AvgIpc) is 2.21. The first-order valence-corrected chi connectivity index (χ1v) is 5.33. The number of nitrogens with zero attached hydrogens (tertiary/aromatic N) is 1. The van der Waals surface area contributed by atoms with Gasteiger partial charge in [-0.15, -0.1) is 0 Å². The summed E-state index contributed by atoms with van der Waals surface area (Å²) < 4.78 is 0. The number of rotatable bonds is 5. The van der Waals surface area contributed by atoms with E-state index in [-0.39, 0.29) is 6.29 Å². The van der Waals surface area contributed by atoms with E-state index in [4.69, 9.17) is 11.6 Å². The fourth-order valence-corrected chi connectivity index (χ4v) is 1.49. The fourth-order valence-electron chi connectivity index (χ4n) is 1.36. The summed E-state index contributed by atoms with van der Waals surface area (Å²) in [7, 11) is 5.98. The van der Waals surface area contributed by atoms with Crippen LogP contribution in [0.2, 0.25) is 5.02 Å². The maximum Gasteiger partial charge on any atom is 0.114 e. The molecule has 0 amide bonds. The van der Waals surface area contributed by atoms with Crippen molar-refractivity contribution in [1.29, 1.82) is 0 Å². The molecule has 15 heavy (non-hydrogen) atoms. The first kappa shape index (κ1) is 12.5. The Hall–Kier alpha value is -0.610. The zero-order valence-corrected chi connectivity index (χ0v) is 10.2. The molecule has 2 N–H and O–H groups in total. The average molecular weight is 228 g/mol. The molecule has 0 bridgehead atoms. The van der Waals surface area contributed by atoms with Crippen molar-refractivity contribution in [2.45, 2.75) is 12.8 Å². The van der Waals surface area contributed by atoms with Crippen LogP contribution in [0.25, 0.3) is 0 Å². The minimum absolute atomic E-state index is 0.181. The Balaban J connectivity index is 2.45. The molecule has 1 unspecified atom stereocenters. The van der Waals surface area contributed by atoms with E-state index in [1.54, 1.807) is 0 Å². The van der Waals surface area contributed by atoms with Crippen molar-refractivity contribution in [3.8, 4) is 0 Å². The number of halogens is 1. The summed E-state index contributed by atoms with van der Waals surface area (Å²) in [6, 6.07) is 7.86. The summed E-state index contributed by atoms with van der Waals surface area (Å²) in [6.07, 6.45) is 0.181. The number of hydrogen-bond donors (Lipinski definition) is 2. The van der Waals surface area contributed by atoms with Crippen LogP contribution in [0.3, 0.4) is 0 Å². The van der Waals surface area contributed by atoms with Gasteiger partial charge in [0, 0.05) is 11.6 Å². The SMILES string of the molecule is CNC(NCc1ccc(Cl)cc1)N(C)C. The van der Waals surface area contributed by atoms with Crippen LogP contribution >= 0.6 is 11.6 Å². The summed E-state index contributed by atoms with van der Waals surface area (Å²) >= 11 is 5.81. The van der Waals surface area contributed by atoms with E-state index in [0.29, 0.717) is 0 Å². The van der Waals surface area contributed by atoms with E-state index in [2.05, 4.69) is 15.5 Å². The molecule has 0 spiro atoms. The lowest BCUT2D eigenvalue weighted by atomic mass is 10.2. The second-order valence-electron chi connectivity index (χ2n) is 3.66. The van der Waals surface area contributed by atoms with Gasteiger partial charge >= 0.3 is 0 Å². The van der Waals surface area contributed by atoms with Gasteiger partial charge in [-0.3, -0.25) is 15.5 Å². The van der Waals surface area contributed by atoms with E-state index in [1.165, 1.54) is 5.56 Å². The van der Waals surface area contributed by atoms with Gasteiger partial charge in [-0.25, -0.2) is 0 Å². The van der Waals surface area contributed by atoms with Gasteiger partial charge in [0.25, 0.3) is 0 Å². The molecule has 1 aromatic rings. The Bertz CT molecular complexity index is 284. The Morgan fingerprint density at radius 1 is 1.27 bits per heavy atom. The lowest BCUT2D eigenvalue weighted by molar-refractivity contribution is 0.212. The first-order valence-electron chi connectivity index (χ1n) is 4.95. The standard InChI is InChI=1S/C11H18ClN3/c1-13-11(15(2)3)14-8-9-4-6-10(12)7-5-9/h4-7,11,13-14H,8H2,1-3H3. The molecule has 0 saturated carbocycles. The highest BCUT2D eigenvalue weighted by atomic mass is 35.5. The molecule has 1 aromatic carbocycles. The fraction of sp³-hybridized carbons (Fsp3) is 0.455. The first-order chi connectivity index (χ1) is 7.13. The normalized spacial score (nSPS) is 13.1. The van der Waals surface area contributed by atoms with Gasteiger partial charge in [0.15, 0.2) is 0 Å². The molecule has 1 rings (SSSR count). The Labute approximate surface area is 96.4 Å². The lowest BCUT2D eigenvalue weighted by Gasteiger charge is -2.24. The van der Waals surface area contributed by atoms with Crippen LogP contribution in [-0.2, 0) is 6.54 Å². The molecule has 84 valence electrons. The molecular formula is C11H18ClN3. The van der Waals surface area contributed by atoms with Gasteiger partial charge in [-0.2, -0.15) is 0 Å². The minimum Gasteiger partial charge on any atom is -0.293 e. The highest BCUT2D eigenvalue weighted by Gasteiger charge is 2.06. The second-order valence-corrected chi connectivity index (χ2v) is 4.10. The summed E-state index contributed by atoms with van der Waals surface area (Å²) in [5.74, 6) is 0. The van der Waals surface area contributed by atoms with E-state index in [1.807, 2.05) is 45.4 Å². The second kappa shape index (κ2) is 6.08. The van der Waals surface area contributed by atoms with E-state index in [0.717, 1.165) is 11.6 Å². The number of hydrogen-bond acceptors (Lipinski definition) is 3. The minimum atomic E-state index is 0.181. The van der Waals surface area contributed by atoms with Gasteiger partial charge < -0.3 is 0 Å². The van der Waals surface area contributed by atoms with E-state index in [9.17, 15) is 0 Å². The Kier molecular flexibility index (Phi) is 5.05. The molecule has 0 aromatic heterocycles. The highest BCUT2D eigenvalue weighted by molar-refractivity contribution is 6.30. The third kappa shape index (κ3) is 4.18. The van der Waals surface area contributed by atoms with Crippen molar-refractivity contribution in [2.75, 3.05) is 21.1 Å². The predicted octanol–water partition coefficient (Wildman–Crippen LogP) is 1.49. The van der Waals surface area contributed by atoms with Gasteiger partial charge in [-0.05, 0) is 38.8 Å². The smallest absolute Gasteiger partial charge is 0.114 e. The van der Waals surface area contributed by atoms with Crippen molar-refractivity contribution in [3.63, 3.8) is 0 Å². The molecule has 0 aliphatic carbocycles. The number of benzene rings is 1. The van der Waals surface area contributed by atoms with E-state index >= 15 is 0 Å². The van der Waals surface area contributed by atoms with Crippen LogP contribution in [0.5, 0.6) is 0 Å². The van der Waals surface area contributed by atoms with Crippen LogP contribution in [0.4, 0.5) is 0 Å². The van der Waals surface area contributed by atoms with Gasteiger partial charge in [-0.1, -0.05) is 23.7 Å². The highest BCUT2D eigenvalue weighted by Crippen LogP contribution is 2.09. The van der Waals surface area contributed by atoms with Crippen molar-refractivity contribution in [3.05, 3.63) is 34.9 Å². The van der Waals surface area contributed by atoms with Crippen LogP contribution in [0.1, 0.15) is 5.56 Å². The largest absolute Gasteiger partial charge is 0.293 e. The molecule has 0 fully saturated rings. The maximum absolute atomic E-state index is 5.81. The van der Waals surface area contributed by atoms with Crippen molar-refractivity contribution in [1.82, 2.24) is 15.5 Å². The summed E-state index contributed by atoms with van der Waals surface area (Å²) in [5.41, 5.74) is 1.22. The van der Waals surface area contributed by atoms with Crippen LogP contribution < -0.4 is 10.6 Å². The zero-order chi connectivity index (χ0) is 11.3. The molecule has 0 heterocycles. The quantitative estimate of drug-likeness (QED) is 0.747. The third-order valence-electron chi connectivity index (χ3n) is 2.20. The molecule has 0 radical (unpaired) electrons. The number of nitrogens with one attached hydrogen (secondary N) is 2. The maximum atomic E-state index is 5.81. The van der Waals surface area contributed by atoms with Crippen molar-refractivity contribution >= 4 is 11.6 Å². The molecular weight excluding hydrogens is 210 g/mol. The molecule has 3 nitrogen and oxygen atoms in total. The van der Waals surface area contributed by atoms with Gasteiger partial charge in [0.1, 0.15) is 6.29 Å².